The number of nitrogens with zero attached hydrogens (tertiary/aromatic N) is 1. The largest absolute Gasteiger partial charge is 0.478 e. The standard InChI is InChI=1S/C12H10N2O3/c1-7(15)11-10(6-13-14-11)8-4-2-3-5-9(8)12(16)17/h2-6H,1H3,(H,13,14)(H,16,17). The lowest BCUT2D eigenvalue weighted by molar-refractivity contribution is 0.0697. The lowest BCUT2D eigenvalue weighted by Crippen LogP contribution is -2.01. The molecule has 1 heterocycles. The third kappa shape index (κ3) is 1.94. The number of nitrogens with one attached hydrogen (secondary N) is 1. The van der Waals surface area contributed by atoms with Gasteiger partial charge in [0.2, 0.25) is 0 Å². The Labute approximate surface area is 97.1 Å². The molecule has 0 radical (unpaired) electrons. The van der Waals surface area contributed by atoms with E-state index in [1.165, 1.54) is 19.2 Å². The van der Waals surface area contributed by atoms with Crippen molar-refractivity contribution in [3.05, 3.63) is 41.7 Å². The number of hydrogen-bond donors (Lipinski definition) is 2. The fraction of sp³-hybridized carbons (Fsp3) is 0.0833. The van der Waals surface area contributed by atoms with Crippen molar-refractivity contribution in [2.45, 2.75) is 6.92 Å². The first-order valence-corrected chi connectivity index (χ1v) is 4.98. The van der Waals surface area contributed by atoms with Crippen LogP contribution >= 0.6 is 0 Å². The number of benzene rings is 1. The zero-order valence-corrected chi connectivity index (χ0v) is 9.10. The summed E-state index contributed by atoms with van der Waals surface area (Å²) >= 11 is 0. The Bertz CT molecular complexity index is 587. The van der Waals surface area contributed by atoms with E-state index in [9.17, 15) is 9.59 Å². The molecule has 0 saturated heterocycles. The van der Waals surface area contributed by atoms with E-state index in [4.69, 9.17) is 5.11 Å². The lowest BCUT2D eigenvalue weighted by Gasteiger charge is -2.04. The average Bonchev–Trinajstić information content (AvgIpc) is 2.77. The van der Waals surface area contributed by atoms with Gasteiger partial charge in [0.15, 0.2) is 5.78 Å². The molecule has 2 rings (SSSR count). The van der Waals surface area contributed by atoms with Crippen molar-refractivity contribution in [1.29, 1.82) is 0 Å². The maximum Gasteiger partial charge on any atom is 0.336 e. The number of rotatable bonds is 3. The Morgan fingerprint density at radius 3 is 2.59 bits per heavy atom. The summed E-state index contributed by atoms with van der Waals surface area (Å²) in [6, 6.07) is 6.51. The molecule has 0 saturated carbocycles. The summed E-state index contributed by atoms with van der Waals surface area (Å²) in [4.78, 5) is 22.4. The summed E-state index contributed by atoms with van der Waals surface area (Å²) < 4.78 is 0. The molecule has 1 aromatic carbocycles. The van der Waals surface area contributed by atoms with Gasteiger partial charge in [0.1, 0.15) is 5.69 Å². The molecule has 1 aromatic heterocycles. The van der Waals surface area contributed by atoms with E-state index in [-0.39, 0.29) is 11.3 Å². The van der Waals surface area contributed by atoms with Gasteiger partial charge < -0.3 is 5.11 Å². The SMILES string of the molecule is CC(=O)c1[nH]ncc1-c1ccccc1C(=O)O. The number of aromatic nitrogens is 2. The van der Waals surface area contributed by atoms with Crippen molar-refractivity contribution in [1.82, 2.24) is 10.2 Å². The number of aromatic amines is 1. The number of ketones is 1. The quantitative estimate of drug-likeness (QED) is 0.789. The van der Waals surface area contributed by atoms with E-state index in [1.54, 1.807) is 18.2 Å². The van der Waals surface area contributed by atoms with Crippen molar-refractivity contribution in [2.75, 3.05) is 0 Å². The molecule has 0 aliphatic carbocycles. The van der Waals surface area contributed by atoms with Gasteiger partial charge >= 0.3 is 5.97 Å². The molecule has 17 heavy (non-hydrogen) atoms. The van der Waals surface area contributed by atoms with Crippen molar-refractivity contribution in [3.63, 3.8) is 0 Å². The van der Waals surface area contributed by atoms with Crippen molar-refractivity contribution < 1.29 is 14.7 Å². The maximum atomic E-state index is 11.4. The highest BCUT2D eigenvalue weighted by atomic mass is 16.4. The van der Waals surface area contributed by atoms with Gasteiger partial charge in [0.25, 0.3) is 0 Å². The molecule has 0 spiro atoms. The Kier molecular flexibility index (Phi) is 2.74. The molecule has 2 N–H and O–H groups in total. The highest BCUT2D eigenvalue weighted by Gasteiger charge is 2.17. The van der Waals surface area contributed by atoms with Crippen LogP contribution in [0.3, 0.4) is 0 Å². The van der Waals surface area contributed by atoms with Crippen LogP contribution in [0.2, 0.25) is 0 Å². The molecule has 0 atom stereocenters. The van der Waals surface area contributed by atoms with E-state index < -0.39 is 5.97 Å². The van der Waals surface area contributed by atoms with Gasteiger partial charge in [0, 0.05) is 18.1 Å². The van der Waals surface area contributed by atoms with E-state index in [2.05, 4.69) is 10.2 Å². The van der Waals surface area contributed by atoms with Gasteiger partial charge in [-0.2, -0.15) is 5.10 Å². The summed E-state index contributed by atoms with van der Waals surface area (Å²) in [5, 5.41) is 15.4. The number of carboxylic acid groups (broad SMARTS) is 1. The van der Waals surface area contributed by atoms with Crippen LogP contribution in [0.15, 0.2) is 30.5 Å². The molecular weight excluding hydrogens is 220 g/mol. The van der Waals surface area contributed by atoms with E-state index >= 15 is 0 Å². The second-order valence-electron chi connectivity index (χ2n) is 3.57. The van der Waals surface area contributed by atoms with Crippen molar-refractivity contribution in [2.24, 2.45) is 0 Å². The normalized spacial score (nSPS) is 10.2. The number of H-pyrrole nitrogens is 1. The van der Waals surface area contributed by atoms with Crippen molar-refractivity contribution >= 4 is 11.8 Å². The van der Waals surface area contributed by atoms with Crippen LogP contribution < -0.4 is 0 Å². The van der Waals surface area contributed by atoms with Crippen LogP contribution in [0, 0.1) is 0 Å². The molecule has 5 nitrogen and oxygen atoms in total. The van der Waals surface area contributed by atoms with E-state index in [0.29, 0.717) is 16.8 Å². The van der Waals surface area contributed by atoms with Crippen LogP contribution in [0.25, 0.3) is 11.1 Å². The Balaban J connectivity index is 2.64. The number of Topliss-reactive ketones (excluding diaryl/α,β-unsaturated/α-hetero) is 1. The van der Waals surface area contributed by atoms with Crippen LogP contribution in [0.5, 0.6) is 0 Å². The summed E-state index contributed by atoms with van der Waals surface area (Å²) in [7, 11) is 0. The summed E-state index contributed by atoms with van der Waals surface area (Å²) in [5.74, 6) is -1.21. The third-order valence-corrected chi connectivity index (χ3v) is 2.44. The summed E-state index contributed by atoms with van der Waals surface area (Å²) in [6.07, 6.45) is 1.46. The monoisotopic (exact) mass is 230 g/mol. The minimum atomic E-state index is -1.03. The first-order chi connectivity index (χ1) is 8.11. The van der Waals surface area contributed by atoms with Gasteiger partial charge in [0.05, 0.1) is 11.8 Å². The Hall–Kier alpha value is -2.43. The van der Waals surface area contributed by atoms with Gasteiger partial charge in [-0.15, -0.1) is 0 Å². The zero-order chi connectivity index (χ0) is 12.4. The molecule has 0 fully saturated rings. The van der Waals surface area contributed by atoms with Gasteiger partial charge in [-0.3, -0.25) is 9.89 Å². The van der Waals surface area contributed by atoms with Gasteiger partial charge in [-0.05, 0) is 6.07 Å². The Morgan fingerprint density at radius 1 is 1.24 bits per heavy atom. The highest BCUT2D eigenvalue weighted by molar-refractivity contribution is 6.03. The fourth-order valence-electron chi connectivity index (χ4n) is 1.66. The summed E-state index contributed by atoms with van der Waals surface area (Å²) in [6.45, 7) is 1.40. The van der Waals surface area contributed by atoms with Crippen LogP contribution in [0.4, 0.5) is 0 Å². The molecule has 0 aliphatic heterocycles. The van der Waals surface area contributed by atoms with Gasteiger partial charge in [-0.1, -0.05) is 18.2 Å². The van der Waals surface area contributed by atoms with Gasteiger partial charge in [-0.25, -0.2) is 4.79 Å². The minimum absolute atomic E-state index is 0.149. The van der Waals surface area contributed by atoms with Crippen LogP contribution in [-0.2, 0) is 0 Å². The third-order valence-electron chi connectivity index (χ3n) is 2.44. The number of aromatic carboxylic acids is 1. The van der Waals surface area contributed by atoms with Crippen LogP contribution in [-0.4, -0.2) is 27.1 Å². The van der Waals surface area contributed by atoms with Crippen LogP contribution in [0.1, 0.15) is 27.8 Å². The van der Waals surface area contributed by atoms with Crippen molar-refractivity contribution in [3.8, 4) is 11.1 Å². The van der Waals surface area contributed by atoms with E-state index in [1.807, 2.05) is 0 Å². The number of carbonyl (C=O) groups is 2. The molecule has 5 heteroatoms. The average molecular weight is 230 g/mol. The molecule has 0 amide bonds. The molecule has 0 unspecified atom stereocenters. The highest BCUT2D eigenvalue weighted by Crippen LogP contribution is 2.26. The molecule has 0 bridgehead atoms. The minimum Gasteiger partial charge on any atom is -0.478 e. The number of hydrogen-bond acceptors (Lipinski definition) is 3. The number of carboxylic acids is 1. The predicted molar refractivity (Wildman–Crippen MR) is 61.0 cm³/mol. The summed E-state index contributed by atoms with van der Waals surface area (Å²) in [5.41, 5.74) is 1.46. The first-order valence-electron chi connectivity index (χ1n) is 4.98. The molecule has 2 aromatic rings. The zero-order valence-electron chi connectivity index (χ0n) is 9.10. The van der Waals surface area contributed by atoms with E-state index in [0.717, 1.165) is 0 Å². The predicted octanol–water partition coefficient (Wildman–Crippen LogP) is 1.98. The second-order valence-corrected chi connectivity index (χ2v) is 3.57. The second kappa shape index (κ2) is 4.21. The Morgan fingerprint density at radius 2 is 1.94 bits per heavy atom. The smallest absolute Gasteiger partial charge is 0.336 e. The lowest BCUT2D eigenvalue weighted by atomic mass is 9.99. The first kappa shape index (κ1) is 11.1. The fourth-order valence-corrected chi connectivity index (χ4v) is 1.66. The molecule has 0 aliphatic rings. The molecular formula is C12H10N2O3. The maximum absolute atomic E-state index is 11.4. The molecule has 86 valence electrons. The number of carbonyl (C=O) groups excluding carboxylic acids is 1. The topological polar surface area (TPSA) is 83.0 Å².